The molecule has 0 amide bonds. The van der Waals surface area contributed by atoms with Gasteiger partial charge in [0.1, 0.15) is 5.67 Å². The summed E-state index contributed by atoms with van der Waals surface area (Å²) in [6, 6.07) is 56.0. The maximum Gasteiger partial charge on any atom is 0.108 e. The van der Waals surface area contributed by atoms with Crippen LogP contribution in [0.1, 0.15) is 435 Å². The summed E-state index contributed by atoms with van der Waals surface area (Å²) in [5.41, 5.74) is 11.7. The maximum absolute atomic E-state index is 13.5. The Morgan fingerprint density at radius 2 is 0.623 bits per heavy atom. The molecule has 10 atom stereocenters. The highest BCUT2D eigenvalue weighted by Crippen LogP contribution is 2.41. The fraction of sp³-hybridized carbons (Fsp3) is 0.695. The fourth-order valence-corrected chi connectivity index (χ4v) is 18.1. The number of methoxy groups -OCH3 is 1. The van der Waals surface area contributed by atoms with Gasteiger partial charge in [-0.05, 0) is 281 Å². The molecule has 0 spiro atoms. The van der Waals surface area contributed by atoms with Gasteiger partial charge in [-0.3, -0.25) is 0 Å². The Morgan fingerprint density at radius 3 is 0.934 bits per heavy atom. The van der Waals surface area contributed by atoms with Crippen LogP contribution in [0.2, 0.25) is 5.02 Å². The molecule has 10 unspecified atom stereocenters. The van der Waals surface area contributed by atoms with Crippen molar-refractivity contribution >= 4 is 11.6 Å². The van der Waals surface area contributed by atoms with Crippen LogP contribution in [0.4, 0.5) is 4.39 Å². The van der Waals surface area contributed by atoms with Crippen molar-refractivity contribution in [2.24, 2.45) is 101 Å². The highest BCUT2D eigenvalue weighted by atomic mass is 35.5. The average molecular weight is 1700 g/mol. The molecule has 0 aromatic heterocycles. The van der Waals surface area contributed by atoms with E-state index in [0.717, 1.165) is 125 Å². The number of benzene rings is 6. The molecule has 0 saturated heterocycles. The first-order valence-electron chi connectivity index (χ1n) is 50.4. The number of hydrogen-bond acceptors (Lipinski definition) is 2. The second kappa shape index (κ2) is 64.2. The van der Waals surface area contributed by atoms with E-state index in [0.29, 0.717) is 47.7 Å². The van der Waals surface area contributed by atoms with E-state index in [2.05, 4.69) is 374 Å². The molecule has 696 valence electrons. The van der Waals surface area contributed by atoms with Gasteiger partial charge in [-0.1, -0.05) is 439 Å². The molecule has 4 fully saturated rings. The largest absolute Gasteiger partial charge is 0.376 e. The molecule has 0 heterocycles. The van der Waals surface area contributed by atoms with Crippen molar-refractivity contribution in [3.05, 3.63) is 213 Å². The summed E-state index contributed by atoms with van der Waals surface area (Å²) in [4.78, 5) is 0. The Bertz CT molecular complexity index is 3230. The van der Waals surface area contributed by atoms with Crippen LogP contribution in [0.3, 0.4) is 0 Å². The third-order valence-electron chi connectivity index (χ3n) is 29.0. The van der Waals surface area contributed by atoms with Crippen LogP contribution in [0.25, 0.3) is 0 Å². The van der Waals surface area contributed by atoms with E-state index < -0.39 is 5.67 Å². The van der Waals surface area contributed by atoms with Gasteiger partial charge in [0.25, 0.3) is 0 Å². The van der Waals surface area contributed by atoms with Crippen LogP contribution in [0.15, 0.2) is 158 Å². The smallest absolute Gasteiger partial charge is 0.108 e. The first-order chi connectivity index (χ1) is 57.5. The zero-order valence-corrected chi connectivity index (χ0v) is 87.1. The maximum atomic E-state index is 13.5. The van der Waals surface area contributed by atoms with E-state index in [1.54, 1.807) is 14.0 Å². The number of halogens is 2. The highest BCUT2D eigenvalue weighted by molar-refractivity contribution is 6.30. The van der Waals surface area contributed by atoms with Crippen LogP contribution in [-0.2, 0) is 9.47 Å². The number of ether oxygens (including phenoxy) is 2. The van der Waals surface area contributed by atoms with Crippen molar-refractivity contribution in [2.45, 2.75) is 424 Å². The van der Waals surface area contributed by atoms with E-state index in [-0.39, 0.29) is 6.10 Å². The second-order valence-corrected chi connectivity index (χ2v) is 42.6. The molecular formula is C118H198ClFO2. The molecule has 6 aromatic carbocycles. The molecule has 2 nitrogen and oxygen atoms in total. The van der Waals surface area contributed by atoms with Crippen LogP contribution in [-0.4, -0.2) is 25.0 Å². The Labute approximate surface area is 764 Å². The normalized spacial score (nSPS) is 19.9. The number of aryl methyl sites for hydroxylation is 3. The first kappa shape index (κ1) is 115. The van der Waals surface area contributed by atoms with Crippen molar-refractivity contribution in [3.63, 3.8) is 0 Å². The lowest BCUT2D eigenvalue weighted by Gasteiger charge is -2.35. The van der Waals surface area contributed by atoms with Crippen molar-refractivity contribution in [1.82, 2.24) is 0 Å². The molecule has 0 aliphatic heterocycles. The molecule has 4 heteroatoms. The van der Waals surface area contributed by atoms with Gasteiger partial charge < -0.3 is 9.47 Å². The van der Waals surface area contributed by atoms with Crippen LogP contribution in [0.5, 0.6) is 0 Å². The fourth-order valence-electron chi connectivity index (χ4n) is 18.0. The minimum Gasteiger partial charge on any atom is -0.376 e. The van der Waals surface area contributed by atoms with Crippen molar-refractivity contribution in [2.75, 3.05) is 7.11 Å². The van der Waals surface area contributed by atoms with Gasteiger partial charge >= 0.3 is 0 Å². The van der Waals surface area contributed by atoms with E-state index in [4.69, 9.17) is 21.1 Å². The lowest BCUT2D eigenvalue weighted by atomic mass is 9.72. The lowest BCUT2D eigenvalue weighted by Crippen LogP contribution is -2.30. The van der Waals surface area contributed by atoms with Gasteiger partial charge in [-0.15, -0.1) is 0 Å². The van der Waals surface area contributed by atoms with Gasteiger partial charge in [0.15, 0.2) is 0 Å². The Morgan fingerprint density at radius 1 is 0.328 bits per heavy atom. The molecule has 122 heavy (non-hydrogen) atoms. The Hall–Kier alpha value is -4.54. The molecular weight excluding hydrogens is 1500 g/mol. The molecule has 0 N–H and O–H groups in total. The predicted molar refractivity (Wildman–Crippen MR) is 546 cm³/mol. The number of hydrogen-bond donors (Lipinski definition) is 0. The van der Waals surface area contributed by atoms with Crippen molar-refractivity contribution in [3.8, 4) is 0 Å². The summed E-state index contributed by atoms with van der Waals surface area (Å²) < 4.78 is 24.9. The van der Waals surface area contributed by atoms with Crippen LogP contribution >= 0.6 is 11.6 Å². The van der Waals surface area contributed by atoms with Gasteiger partial charge in [-0.25, -0.2) is 4.39 Å². The van der Waals surface area contributed by atoms with Crippen molar-refractivity contribution < 1.29 is 13.9 Å². The Kier molecular flexibility index (Phi) is 60.8. The molecule has 0 bridgehead atoms. The van der Waals surface area contributed by atoms with Crippen molar-refractivity contribution in [1.29, 1.82) is 0 Å². The summed E-state index contributed by atoms with van der Waals surface area (Å²) >= 11 is 5.84. The minimum absolute atomic E-state index is 0.223. The quantitative estimate of drug-likeness (QED) is 0.0569. The average Bonchev–Trinajstić information content (AvgIpc) is 0.886. The SMILES string of the molecule is CC(C)C(C)C1CCC(C)(F)CC1.CC(C)C(C)C1CCCCC1.CC(C)C(C)OC1CCCCC1.CC(C)C(C)c1ccccc1.CC1CCC(C(C)C(C)C)CC1.CCC(c1ccc(C)cc1)C(C)C.CCC(c1ccc(Cl)cc1)C(C)C.CCC(c1ccccc1)C(C)C.COC(c1ccc(C)cc1)C(C)C.Cc1ccc(C(C)C(C)C)cc1. The van der Waals surface area contributed by atoms with Crippen LogP contribution in [0, 0.1) is 121 Å². The summed E-state index contributed by atoms with van der Waals surface area (Å²) in [6.45, 7) is 76.8. The molecule has 6 aromatic rings. The van der Waals surface area contributed by atoms with Gasteiger partial charge in [0.2, 0.25) is 0 Å². The summed E-state index contributed by atoms with van der Waals surface area (Å²) in [5.74, 6) is 17.3. The third kappa shape index (κ3) is 48.0. The topological polar surface area (TPSA) is 18.5 Å². The number of alkyl halides is 1. The lowest BCUT2D eigenvalue weighted by molar-refractivity contribution is -0.0410. The van der Waals surface area contributed by atoms with Gasteiger partial charge in [-0.2, -0.15) is 0 Å². The van der Waals surface area contributed by atoms with Crippen LogP contribution < -0.4 is 0 Å². The monoisotopic (exact) mass is 1700 g/mol. The first-order valence-corrected chi connectivity index (χ1v) is 50.8. The summed E-state index contributed by atoms with van der Waals surface area (Å²) in [7, 11) is 1.77. The second-order valence-electron chi connectivity index (χ2n) is 42.2. The van der Waals surface area contributed by atoms with Gasteiger partial charge in [0, 0.05) is 12.1 Å². The van der Waals surface area contributed by atoms with E-state index in [1.165, 1.54) is 159 Å². The van der Waals surface area contributed by atoms with Gasteiger partial charge in [0.05, 0.1) is 18.3 Å². The molecule has 4 saturated carbocycles. The van der Waals surface area contributed by atoms with E-state index in [9.17, 15) is 4.39 Å². The van der Waals surface area contributed by atoms with E-state index >= 15 is 0 Å². The molecule has 4 aliphatic carbocycles. The molecule has 10 rings (SSSR count). The zero-order valence-electron chi connectivity index (χ0n) is 86.4. The summed E-state index contributed by atoms with van der Waals surface area (Å²) in [5, 5.41) is 0.822. The third-order valence-corrected chi connectivity index (χ3v) is 29.3. The molecule has 0 radical (unpaired) electrons. The standard InChI is InChI=1S/C13H20.C12H17Cl.C12H23F.C12H18O.C12H24.2C12H18.C11H22O.C11H22.C11H16/c1-5-13(10(2)3)12-8-6-11(4)7-9-12;1-4-12(9(2)3)10-5-7-11(13)8-6-10;1-9(2)10(3)11-5-7-12(4,13)8-6-11;1-9(2)12(13-4)11-7-5-10(3)6-8-11;2*1-9(2)11(4)12-7-5-10(3)6-8-12;1-4-12(10(2)3)11-8-6-5-7-9-11;1-9(2)10(3)12-11-7-5-4-6-8-11;2*1-9(2)10(3)11-7-5-4-6-8-11/h6-10,13H,5H2,1-4H3;5-9,12H,4H2,1-3H3;9-11H,5-8H2,1-4H3;5-9,12H,1-4H3;9-12H,5-8H2,1-4H3;5-9,11H,1-4H3;5-10,12H,4H2,1-3H3;9-11H,4-8H2,1-3H3;9-11H,4-8H2,1-3H3;4-10H,1-3H3. The highest BCUT2D eigenvalue weighted by Gasteiger charge is 2.34. The van der Waals surface area contributed by atoms with E-state index in [1.807, 2.05) is 12.1 Å². The number of rotatable bonds is 25. The summed E-state index contributed by atoms with van der Waals surface area (Å²) in [6.07, 6.45) is 28.7. The zero-order chi connectivity index (χ0) is 92.4. The minimum atomic E-state index is -0.868. The predicted octanol–water partition coefficient (Wildman–Crippen LogP) is 38.6. The Balaban J connectivity index is 0.000000678. The molecule has 4 aliphatic rings.